The highest BCUT2D eigenvalue weighted by Crippen LogP contribution is 2.31. The summed E-state index contributed by atoms with van der Waals surface area (Å²) in [5, 5.41) is 30.2. The number of amides is 1. The summed E-state index contributed by atoms with van der Waals surface area (Å²) in [7, 11) is 0. The van der Waals surface area contributed by atoms with E-state index < -0.39 is 5.91 Å². The first-order valence-corrected chi connectivity index (χ1v) is 9.89. The highest BCUT2D eigenvalue weighted by molar-refractivity contribution is 6.26. The molecule has 0 fully saturated rings. The van der Waals surface area contributed by atoms with Gasteiger partial charge in [-0.2, -0.15) is 15.8 Å². The molecule has 148 valence electrons. The third-order valence-corrected chi connectivity index (χ3v) is 5.14. The predicted molar refractivity (Wildman–Crippen MR) is 112 cm³/mol. The van der Waals surface area contributed by atoms with E-state index in [9.17, 15) is 10.1 Å². The number of benzene rings is 1. The highest BCUT2D eigenvalue weighted by atomic mass is 16.2. The van der Waals surface area contributed by atoms with Gasteiger partial charge >= 0.3 is 0 Å². The largest absolute Gasteiger partial charge is 0.369 e. The number of nitrogens with one attached hydrogen (secondary N) is 1. The zero-order valence-corrected chi connectivity index (χ0v) is 17.1. The third-order valence-electron chi connectivity index (χ3n) is 5.14. The Morgan fingerprint density at radius 1 is 1.10 bits per heavy atom. The van der Waals surface area contributed by atoms with Crippen LogP contribution in [-0.2, 0) is 4.79 Å². The Hall–Kier alpha value is -3.56. The summed E-state index contributed by atoms with van der Waals surface area (Å²) in [6.07, 6.45) is 4.74. The van der Waals surface area contributed by atoms with Crippen LogP contribution in [0.3, 0.4) is 0 Å². The van der Waals surface area contributed by atoms with Crippen molar-refractivity contribution in [3.05, 3.63) is 46.7 Å². The summed E-state index contributed by atoms with van der Waals surface area (Å²) in [5.74, 6) is -0.479. The average molecular weight is 387 g/mol. The summed E-state index contributed by atoms with van der Waals surface area (Å²) < 4.78 is 0. The van der Waals surface area contributed by atoms with Crippen molar-refractivity contribution < 1.29 is 4.79 Å². The third kappa shape index (κ3) is 4.65. The molecule has 2 rings (SSSR count). The Balaban J connectivity index is 2.36. The molecule has 0 bridgehead atoms. The first-order chi connectivity index (χ1) is 14.0. The maximum absolute atomic E-state index is 12.4. The molecule has 0 aromatic heterocycles. The van der Waals surface area contributed by atoms with E-state index in [2.05, 4.69) is 31.0 Å². The number of hydrogen-bond donors (Lipinski definition) is 1. The second kappa shape index (κ2) is 10.1. The first-order valence-electron chi connectivity index (χ1n) is 9.89. The van der Waals surface area contributed by atoms with Crippen LogP contribution in [0, 0.1) is 34.0 Å². The second-order valence-electron chi connectivity index (χ2n) is 6.97. The topological polar surface area (TPSA) is 104 Å². The Morgan fingerprint density at radius 3 is 2.28 bits per heavy atom. The molecule has 1 aliphatic heterocycles. The molecule has 1 aliphatic rings. The van der Waals surface area contributed by atoms with Gasteiger partial charge in [0.2, 0.25) is 0 Å². The van der Waals surface area contributed by atoms with E-state index >= 15 is 0 Å². The Kier molecular flexibility index (Phi) is 7.58. The standard InChI is InChI=1S/C23H25N5O/c1-4-6-7-8-16(3)28(5-2)19-11-9-17(10-12-19)21-20(15-26)22(27-23(21)29)18(13-24)14-25/h9-12,16H,4-8H2,1-3H3,(H,27,29). The summed E-state index contributed by atoms with van der Waals surface area (Å²) in [5.41, 5.74) is 1.57. The fourth-order valence-electron chi connectivity index (χ4n) is 3.60. The average Bonchev–Trinajstić information content (AvgIpc) is 3.06. The van der Waals surface area contributed by atoms with Crippen LogP contribution in [0.1, 0.15) is 52.0 Å². The van der Waals surface area contributed by atoms with Gasteiger partial charge in [-0.1, -0.05) is 38.3 Å². The monoisotopic (exact) mass is 387 g/mol. The molecular weight excluding hydrogens is 362 g/mol. The molecule has 0 radical (unpaired) electrons. The lowest BCUT2D eigenvalue weighted by atomic mass is 9.99. The number of carbonyl (C=O) groups is 1. The number of carbonyl (C=O) groups excluding carboxylic acids is 1. The lowest BCUT2D eigenvalue weighted by Crippen LogP contribution is -2.32. The number of allylic oxidation sites excluding steroid dienone is 2. The van der Waals surface area contributed by atoms with E-state index in [0.717, 1.165) is 18.7 Å². The number of anilines is 1. The van der Waals surface area contributed by atoms with Gasteiger partial charge in [-0.3, -0.25) is 4.79 Å². The minimum atomic E-state index is -0.479. The molecule has 1 amide bonds. The van der Waals surface area contributed by atoms with Crippen LogP contribution in [0.25, 0.3) is 5.57 Å². The Labute approximate surface area is 172 Å². The maximum atomic E-state index is 12.4. The highest BCUT2D eigenvalue weighted by Gasteiger charge is 2.31. The fraction of sp³-hybridized carbons (Fsp3) is 0.391. The van der Waals surface area contributed by atoms with E-state index in [-0.39, 0.29) is 22.4 Å². The van der Waals surface area contributed by atoms with Gasteiger partial charge < -0.3 is 10.2 Å². The van der Waals surface area contributed by atoms with E-state index in [1.807, 2.05) is 30.3 Å². The molecular formula is C23H25N5O. The summed E-state index contributed by atoms with van der Waals surface area (Å²) >= 11 is 0. The van der Waals surface area contributed by atoms with Gasteiger partial charge in [0.25, 0.3) is 5.91 Å². The van der Waals surface area contributed by atoms with Gasteiger partial charge in [0.1, 0.15) is 18.2 Å². The van der Waals surface area contributed by atoms with Crippen LogP contribution in [0.5, 0.6) is 0 Å². The molecule has 1 aromatic rings. The molecule has 0 saturated heterocycles. The van der Waals surface area contributed by atoms with Crippen molar-refractivity contribution in [1.82, 2.24) is 5.32 Å². The van der Waals surface area contributed by atoms with Crippen LogP contribution in [-0.4, -0.2) is 18.5 Å². The van der Waals surface area contributed by atoms with Crippen molar-refractivity contribution in [2.24, 2.45) is 0 Å². The number of rotatable bonds is 8. The molecule has 1 unspecified atom stereocenters. The molecule has 6 nitrogen and oxygen atoms in total. The first kappa shape index (κ1) is 21.7. The zero-order chi connectivity index (χ0) is 21.4. The molecule has 1 N–H and O–H groups in total. The summed E-state index contributed by atoms with van der Waals surface area (Å²) in [6.45, 7) is 7.41. The minimum Gasteiger partial charge on any atom is -0.369 e. The lowest BCUT2D eigenvalue weighted by molar-refractivity contribution is -0.114. The van der Waals surface area contributed by atoms with Gasteiger partial charge in [0, 0.05) is 18.3 Å². The molecule has 1 heterocycles. The van der Waals surface area contributed by atoms with Crippen molar-refractivity contribution in [1.29, 1.82) is 15.8 Å². The Bertz CT molecular complexity index is 935. The zero-order valence-electron chi connectivity index (χ0n) is 17.1. The summed E-state index contributed by atoms with van der Waals surface area (Å²) in [6, 6.07) is 13.3. The smallest absolute Gasteiger partial charge is 0.257 e. The van der Waals surface area contributed by atoms with Gasteiger partial charge in [0.05, 0.1) is 16.8 Å². The van der Waals surface area contributed by atoms with E-state index in [1.54, 1.807) is 12.1 Å². The van der Waals surface area contributed by atoms with Gasteiger partial charge in [0.15, 0.2) is 5.57 Å². The van der Waals surface area contributed by atoms with Gasteiger partial charge in [-0.15, -0.1) is 0 Å². The molecule has 0 aliphatic carbocycles. The molecule has 0 spiro atoms. The summed E-state index contributed by atoms with van der Waals surface area (Å²) in [4.78, 5) is 14.8. The van der Waals surface area contributed by atoms with Crippen LogP contribution >= 0.6 is 0 Å². The van der Waals surface area contributed by atoms with Crippen LogP contribution < -0.4 is 10.2 Å². The molecule has 0 saturated carbocycles. The van der Waals surface area contributed by atoms with E-state index in [0.29, 0.717) is 11.6 Å². The number of unbranched alkanes of at least 4 members (excludes halogenated alkanes) is 2. The Morgan fingerprint density at radius 2 is 1.76 bits per heavy atom. The SMILES string of the molecule is CCCCCC(C)N(CC)c1ccc(C2=C(C#N)C(=C(C#N)C#N)NC2=O)cc1. The van der Waals surface area contributed by atoms with Crippen LogP contribution in [0.15, 0.2) is 41.1 Å². The quantitative estimate of drug-likeness (QED) is 0.532. The van der Waals surface area contributed by atoms with Crippen LogP contribution in [0.4, 0.5) is 5.69 Å². The number of nitriles is 3. The van der Waals surface area contributed by atoms with E-state index in [1.165, 1.54) is 19.3 Å². The van der Waals surface area contributed by atoms with Crippen LogP contribution in [0.2, 0.25) is 0 Å². The second-order valence-corrected chi connectivity index (χ2v) is 6.97. The van der Waals surface area contributed by atoms with Crippen molar-refractivity contribution in [3.63, 3.8) is 0 Å². The molecule has 6 heteroatoms. The number of nitrogens with zero attached hydrogens (tertiary/aromatic N) is 4. The number of hydrogen-bond acceptors (Lipinski definition) is 5. The molecule has 1 aromatic carbocycles. The van der Waals surface area contributed by atoms with Crippen molar-refractivity contribution in [2.75, 3.05) is 11.4 Å². The lowest BCUT2D eigenvalue weighted by Gasteiger charge is -2.30. The predicted octanol–water partition coefficient (Wildman–Crippen LogP) is 4.19. The van der Waals surface area contributed by atoms with Gasteiger partial charge in [-0.25, -0.2) is 0 Å². The maximum Gasteiger partial charge on any atom is 0.257 e. The molecule has 1 atom stereocenters. The van der Waals surface area contributed by atoms with Crippen molar-refractivity contribution in [2.45, 2.75) is 52.5 Å². The van der Waals surface area contributed by atoms with Crippen molar-refractivity contribution in [3.8, 4) is 18.2 Å². The minimum absolute atomic E-state index is 0.0127. The normalized spacial score (nSPS) is 13.9. The fourth-order valence-corrected chi connectivity index (χ4v) is 3.60. The van der Waals surface area contributed by atoms with E-state index in [4.69, 9.17) is 10.5 Å². The van der Waals surface area contributed by atoms with Crippen molar-refractivity contribution >= 4 is 17.2 Å². The van der Waals surface area contributed by atoms with Gasteiger partial charge in [-0.05, 0) is 38.0 Å². The molecule has 29 heavy (non-hydrogen) atoms.